The van der Waals surface area contributed by atoms with E-state index in [-0.39, 0.29) is 5.91 Å². The Kier molecular flexibility index (Phi) is 6.65. The van der Waals surface area contributed by atoms with Gasteiger partial charge in [0.1, 0.15) is 0 Å². The van der Waals surface area contributed by atoms with Crippen LogP contribution in [0.2, 0.25) is 5.02 Å². The van der Waals surface area contributed by atoms with Gasteiger partial charge >= 0.3 is 0 Å². The predicted molar refractivity (Wildman–Crippen MR) is 103 cm³/mol. The van der Waals surface area contributed by atoms with E-state index in [1.165, 1.54) is 11.3 Å². The molecule has 2 aromatic rings. The summed E-state index contributed by atoms with van der Waals surface area (Å²) in [7, 11) is 1.85. The maximum Gasteiger partial charge on any atom is 0.222 e. The van der Waals surface area contributed by atoms with E-state index in [0.29, 0.717) is 23.9 Å². The number of carbonyl (C=O) groups excluding carboxylic acids is 1. The molecule has 1 amide bonds. The highest BCUT2D eigenvalue weighted by atomic mass is 35.5. The first kappa shape index (κ1) is 19.5. The molecule has 0 radical (unpaired) electrons. The second kappa shape index (κ2) is 8.52. The Labute approximate surface area is 155 Å². The zero-order valence-electron chi connectivity index (χ0n) is 15.8. The van der Waals surface area contributed by atoms with Gasteiger partial charge in [0.05, 0.1) is 5.69 Å². The maximum atomic E-state index is 12.5. The minimum Gasteiger partial charge on any atom is -0.341 e. The van der Waals surface area contributed by atoms with Crippen molar-refractivity contribution in [3.05, 3.63) is 51.8 Å². The summed E-state index contributed by atoms with van der Waals surface area (Å²) < 4.78 is 2.07. The van der Waals surface area contributed by atoms with E-state index in [0.717, 1.165) is 24.2 Å². The minimum atomic E-state index is 0.144. The van der Waals surface area contributed by atoms with Gasteiger partial charge in [-0.1, -0.05) is 37.6 Å². The van der Waals surface area contributed by atoms with E-state index in [1.807, 2.05) is 38.2 Å². The summed E-state index contributed by atoms with van der Waals surface area (Å²) in [5.74, 6) is 0.698. The molecule has 0 aliphatic carbocycles. The molecule has 5 heteroatoms. The van der Waals surface area contributed by atoms with Gasteiger partial charge in [0.15, 0.2) is 0 Å². The van der Waals surface area contributed by atoms with Crippen molar-refractivity contribution in [2.75, 3.05) is 7.05 Å². The van der Waals surface area contributed by atoms with Crippen molar-refractivity contribution in [2.45, 2.75) is 53.6 Å². The number of halogens is 1. The van der Waals surface area contributed by atoms with E-state index in [4.69, 9.17) is 11.6 Å². The summed E-state index contributed by atoms with van der Waals surface area (Å²) in [4.78, 5) is 14.2. The van der Waals surface area contributed by atoms with Gasteiger partial charge in [-0.05, 0) is 49.4 Å². The fourth-order valence-corrected chi connectivity index (χ4v) is 3.12. The minimum absolute atomic E-state index is 0.144. The van der Waals surface area contributed by atoms with Crippen molar-refractivity contribution in [3.8, 4) is 0 Å². The van der Waals surface area contributed by atoms with Crippen LogP contribution in [0, 0.1) is 19.8 Å². The van der Waals surface area contributed by atoms with E-state index in [1.54, 1.807) is 4.90 Å². The van der Waals surface area contributed by atoms with Crippen molar-refractivity contribution >= 4 is 17.5 Å². The van der Waals surface area contributed by atoms with E-state index < -0.39 is 0 Å². The molecule has 4 nitrogen and oxygen atoms in total. The Bertz CT molecular complexity index is 719. The third kappa shape index (κ3) is 5.33. The van der Waals surface area contributed by atoms with Crippen molar-refractivity contribution < 1.29 is 4.79 Å². The third-order valence-electron chi connectivity index (χ3n) is 4.42. The van der Waals surface area contributed by atoms with Crippen LogP contribution in [0.5, 0.6) is 0 Å². The molecule has 1 aromatic heterocycles. The smallest absolute Gasteiger partial charge is 0.222 e. The predicted octanol–water partition coefficient (Wildman–Crippen LogP) is 4.40. The van der Waals surface area contributed by atoms with Crippen LogP contribution in [0.25, 0.3) is 0 Å². The molecule has 0 saturated heterocycles. The van der Waals surface area contributed by atoms with Gasteiger partial charge in [-0.15, -0.1) is 0 Å². The zero-order valence-corrected chi connectivity index (χ0v) is 16.6. The Balaban J connectivity index is 1.95. The number of hydrogen-bond donors (Lipinski definition) is 0. The standard InChI is InChI=1S/C20H28ClN3O/c1-14(2)12-24-16(4)19(15(3)22-24)10-11-20(25)23(5)13-17-6-8-18(21)9-7-17/h6-9,14H,10-13H2,1-5H3. The van der Waals surface area contributed by atoms with Crippen LogP contribution < -0.4 is 0 Å². The lowest BCUT2D eigenvalue weighted by molar-refractivity contribution is -0.130. The van der Waals surface area contributed by atoms with Gasteiger partial charge < -0.3 is 4.90 Å². The topological polar surface area (TPSA) is 38.1 Å². The molecule has 0 bridgehead atoms. The van der Waals surface area contributed by atoms with E-state index in [2.05, 4.69) is 30.6 Å². The number of hydrogen-bond acceptors (Lipinski definition) is 2. The number of nitrogens with zero attached hydrogens (tertiary/aromatic N) is 3. The summed E-state index contributed by atoms with van der Waals surface area (Å²) >= 11 is 5.90. The van der Waals surface area contributed by atoms with Crippen LogP contribution in [0.4, 0.5) is 0 Å². The molecule has 0 atom stereocenters. The molecule has 0 aliphatic heterocycles. The molecular weight excluding hydrogens is 334 g/mol. The normalized spacial score (nSPS) is 11.2. The van der Waals surface area contributed by atoms with Gasteiger partial charge in [0.2, 0.25) is 5.91 Å². The quantitative estimate of drug-likeness (QED) is 0.733. The van der Waals surface area contributed by atoms with Gasteiger partial charge in [0.25, 0.3) is 0 Å². The number of benzene rings is 1. The zero-order chi connectivity index (χ0) is 18.6. The number of amides is 1. The molecule has 2 rings (SSSR count). The van der Waals surface area contributed by atoms with Crippen LogP contribution in [0.1, 0.15) is 42.8 Å². The lowest BCUT2D eigenvalue weighted by Crippen LogP contribution is -2.26. The summed E-state index contributed by atoms with van der Waals surface area (Å²) in [5, 5.41) is 5.34. The highest BCUT2D eigenvalue weighted by molar-refractivity contribution is 6.30. The molecule has 0 aliphatic rings. The van der Waals surface area contributed by atoms with E-state index >= 15 is 0 Å². The first-order chi connectivity index (χ1) is 11.8. The summed E-state index contributed by atoms with van der Waals surface area (Å²) in [6.07, 6.45) is 1.23. The van der Waals surface area contributed by atoms with Gasteiger partial charge in [0, 0.05) is 37.3 Å². The van der Waals surface area contributed by atoms with Crippen LogP contribution >= 0.6 is 11.6 Å². The third-order valence-corrected chi connectivity index (χ3v) is 4.67. The molecule has 0 unspecified atom stereocenters. The van der Waals surface area contributed by atoms with Crippen molar-refractivity contribution in [1.82, 2.24) is 14.7 Å². The summed E-state index contributed by atoms with van der Waals surface area (Å²) in [6.45, 7) is 10.0. The molecule has 0 N–H and O–H groups in total. The van der Waals surface area contributed by atoms with Gasteiger partial charge in [-0.3, -0.25) is 9.48 Å². The number of carbonyl (C=O) groups is 1. The Morgan fingerprint density at radius 2 is 1.88 bits per heavy atom. The van der Waals surface area contributed by atoms with Crippen LogP contribution in [0.15, 0.2) is 24.3 Å². The summed E-state index contributed by atoms with van der Waals surface area (Å²) in [5.41, 5.74) is 4.50. The van der Waals surface area contributed by atoms with Gasteiger partial charge in [-0.2, -0.15) is 5.10 Å². The Hall–Kier alpha value is -1.81. The molecule has 136 valence electrons. The molecule has 1 heterocycles. The lowest BCUT2D eigenvalue weighted by atomic mass is 10.1. The Morgan fingerprint density at radius 3 is 2.48 bits per heavy atom. The lowest BCUT2D eigenvalue weighted by Gasteiger charge is -2.17. The molecular formula is C20H28ClN3O. The van der Waals surface area contributed by atoms with Crippen LogP contribution in [-0.2, 0) is 24.3 Å². The fraction of sp³-hybridized carbons (Fsp3) is 0.500. The van der Waals surface area contributed by atoms with Gasteiger partial charge in [-0.25, -0.2) is 0 Å². The number of aromatic nitrogens is 2. The number of aryl methyl sites for hydroxylation is 1. The molecule has 1 aromatic carbocycles. The highest BCUT2D eigenvalue weighted by Gasteiger charge is 2.15. The van der Waals surface area contributed by atoms with Crippen molar-refractivity contribution in [1.29, 1.82) is 0 Å². The van der Waals surface area contributed by atoms with Crippen LogP contribution in [0.3, 0.4) is 0 Å². The fourth-order valence-electron chi connectivity index (χ4n) is 2.99. The average molecular weight is 362 g/mol. The van der Waals surface area contributed by atoms with E-state index in [9.17, 15) is 4.79 Å². The number of rotatable bonds is 7. The first-order valence-corrected chi connectivity index (χ1v) is 9.17. The highest BCUT2D eigenvalue weighted by Crippen LogP contribution is 2.17. The molecule has 0 fully saturated rings. The summed E-state index contributed by atoms with van der Waals surface area (Å²) in [6, 6.07) is 7.61. The molecule has 25 heavy (non-hydrogen) atoms. The molecule has 0 saturated carbocycles. The SMILES string of the molecule is Cc1nn(CC(C)C)c(C)c1CCC(=O)N(C)Cc1ccc(Cl)cc1. The van der Waals surface area contributed by atoms with Crippen molar-refractivity contribution in [3.63, 3.8) is 0 Å². The maximum absolute atomic E-state index is 12.5. The molecule has 0 spiro atoms. The van der Waals surface area contributed by atoms with Crippen molar-refractivity contribution in [2.24, 2.45) is 5.92 Å². The van der Waals surface area contributed by atoms with Crippen LogP contribution in [-0.4, -0.2) is 27.6 Å². The Morgan fingerprint density at radius 1 is 1.24 bits per heavy atom. The first-order valence-electron chi connectivity index (χ1n) is 8.79. The second-order valence-corrected chi connectivity index (χ2v) is 7.54. The monoisotopic (exact) mass is 361 g/mol. The largest absolute Gasteiger partial charge is 0.341 e. The average Bonchev–Trinajstić information content (AvgIpc) is 2.80. The second-order valence-electron chi connectivity index (χ2n) is 7.10.